The highest BCUT2D eigenvalue weighted by atomic mass is 16.5. The molecule has 1 aromatic rings. The van der Waals surface area contributed by atoms with Gasteiger partial charge in [-0.05, 0) is 19.9 Å². The number of hydrogen-bond donors (Lipinski definition) is 1. The molecule has 1 atom stereocenters. The minimum atomic E-state index is -1.91. The van der Waals surface area contributed by atoms with Gasteiger partial charge in [0.2, 0.25) is 11.8 Å². The summed E-state index contributed by atoms with van der Waals surface area (Å²) in [7, 11) is 0. The monoisotopic (exact) mass is 423 g/mol. The van der Waals surface area contributed by atoms with E-state index >= 15 is 0 Å². The maximum Gasteiger partial charge on any atom is 0.337 e. The summed E-state index contributed by atoms with van der Waals surface area (Å²) in [5, 5.41) is 9.92. The average molecular weight is 423 g/mol. The molecule has 2 N–H and O–H groups in total. The first kappa shape index (κ1) is 21.6. The van der Waals surface area contributed by atoms with Gasteiger partial charge in [-0.15, -0.1) is 0 Å². The van der Waals surface area contributed by atoms with E-state index < -0.39 is 29.8 Å². The van der Waals surface area contributed by atoms with Gasteiger partial charge < -0.3 is 24.8 Å². The molecule has 160 valence electrons. The Morgan fingerprint density at radius 3 is 2.71 bits per heavy atom. The van der Waals surface area contributed by atoms with E-state index in [2.05, 4.69) is 6.58 Å². The fraction of sp³-hybridized carbons (Fsp3) is 0.273. The first-order valence-corrected chi connectivity index (χ1v) is 9.49. The van der Waals surface area contributed by atoms with Crippen molar-refractivity contribution in [2.45, 2.75) is 19.3 Å². The molecule has 9 nitrogen and oxygen atoms in total. The molecule has 3 rings (SSSR count). The van der Waals surface area contributed by atoms with Crippen molar-refractivity contribution in [2.75, 3.05) is 19.8 Å². The maximum atomic E-state index is 13.9. The molecule has 0 aliphatic carbocycles. The highest BCUT2D eigenvalue weighted by Gasteiger charge is 2.62. The summed E-state index contributed by atoms with van der Waals surface area (Å²) < 4.78 is 15.8. The Hall–Kier alpha value is -4.06. The second kappa shape index (κ2) is 8.36. The summed E-state index contributed by atoms with van der Waals surface area (Å²) in [6, 6.07) is 8.37. The first-order chi connectivity index (χ1) is 14.8. The number of nitrogens with zero attached hydrogens (tertiary/aromatic N) is 2. The van der Waals surface area contributed by atoms with Crippen LogP contribution in [0.2, 0.25) is 0 Å². The molecule has 0 saturated carbocycles. The van der Waals surface area contributed by atoms with Gasteiger partial charge in [-0.1, -0.05) is 30.9 Å². The summed E-state index contributed by atoms with van der Waals surface area (Å²) in [6.45, 7) is 6.22. The van der Waals surface area contributed by atoms with E-state index in [4.69, 9.17) is 19.9 Å². The molecule has 0 saturated heterocycles. The number of ether oxygens (including phenoxy) is 3. The molecular formula is C22H21N3O6. The first-order valence-electron chi connectivity index (χ1n) is 9.49. The summed E-state index contributed by atoms with van der Waals surface area (Å²) >= 11 is 0. The van der Waals surface area contributed by atoms with E-state index in [1.807, 2.05) is 6.07 Å². The predicted molar refractivity (Wildman–Crippen MR) is 108 cm³/mol. The van der Waals surface area contributed by atoms with E-state index in [1.165, 1.54) is 13.0 Å². The van der Waals surface area contributed by atoms with Crippen molar-refractivity contribution in [3.63, 3.8) is 0 Å². The number of carbonyl (C=O) groups excluding carboxylic acids is 3. The standard InChI is InChI=1S/C22H21N3O6/c1-4-10-30-20(27)18-13(3)25(12-17(26)29-5-2)21(28)22(18)14-8-6-7-9-16(14)31-19(24)15(22)11-23/h4,6-9H,1,5,10,12,24H2,2-3H3/t22-/m1/s1. The van der Waals surface area contributed by atoms with Gasteiger partial charge in [-0.25, -0.2) is 4.79 Å². The number of fused-ring (bicyclic) bond motifs is 2. The molecule has 0 unspecified atom stereocenters. The molecule has 0 radical (unpaired) electrons. The Balaban J connectivity index is 2.31. The normalized spacial score (nSPS) is 19.6. The Labute approximate surface area is 179 Å². The van der Waals surface area contributed by atoms with Gasteiger partial charge in [0.1, 0.15) is 30.5 Å². The molecule has 1 aromatic carbocycles. The minimum Gasteiger partial charge on any atom is -0.465 e. The number of carbonyl (C=O) groups is 3. The van der Waals surface area contributed by atoms with Crippen LogP contribution in [0.5, 0.6) is 5.75 Å². The van der Waals surface area contributed by atoms with Gasteiger partial charge in [0.15, 0.2) is 5.41 Å². The van der Waals surface area contributed by atoms with E-state index in [0.29, 0.717) is 0 Å². The summed E-state index contributed by atoms with van der Waals surface area (Å²) in [5.41, 5.74) is 4.13. The molecule has 0 bridgehead atoms. The van der Waals surface area contributed by atoms with E-state index in [1.54, 1.807) is 31.2 Å². The van der Waals surface area contributed by atoms with Crippen LogP contribution in [-0.2, 0) is 29.3 Å². The molecule has 0 fully saturated rings. The topological polar surface area (TPSA) is 132 Å². The van der Waals surface area contributed by atoms with Crippen LogP contribution < -0.4 is 10.5 Å². The van der Waals surface area contributed by atoms with E-state index in [-0.39, 0.29) is 47.3 Å². The Morgan fingerprint density at radius 1 is 1.35 bits per heavy atom. The number of allylic oxidation sites excluding steroid dienone is 1. The molecule has 0 aromatic heterocycles. The van der Waals surface area contributed by atoms with Crippen molar-refractivity contribution in [3.05, 3.63) is 65.2 Å². The van der Waals surface area contributed by atoms with Crippen molar-refractivity contribution in [3.8, 4) is 11.8 Å². The van der Waals surface area contributed by atoms with Crippen LogP contribution in [0.4, 0.5) is 0 Å². The summed E-state index contributed by atoms with van der Waals surface area (Å²) in [6.07, 6.45) is 1.38. The zero-order valence-corrected chi connectivity index (χ0v) is 17.1. The summed E-state index contributed by atoms with van der Waals surface area (Å²) in [5.74, 6) is -2.29. The zero-order valence-electron chi connectivity index (χ0n) is 17.1. The number of nitriles is 1. The van der Waals surface area contributed by atoms with Crippen molar-refractivity contribution in [1.82, 2.24) is 4.90 Å². The smallest absolute Gasteiger partial charge is 0.337 e. The van der Waals surface area contributed by atoms with Crippen LogP contribution >= 0.6 is 0 Å². The highest BCUT2D eigenvalue weighted by molar-refractivity contribution is 6.13. The van der Waals surface area contributed by atoms with Crippen LogP contribution in [0.25, 0.3) is 0 Å². The predicted octanol–water partition coefficient (Wildman–Crippen LogP) is 1.42. The number of esters is 2. The fourth-order valence-electron chi connectivity index (χ4n) is 3.88. The lowest BCUT2D eigenvalue weighted by Gasteiger charge is -2.35. The van der Waals surface area contributed by atoms with Crippen LogP contribution in [0.3, 0.4) is 0 Å². The van der Waals surface area contributed by atoms with Crippen molar-refractivity contribution >= 4 is 17.8 Å². The van der Waals surface area contributed by atoms with Crippen LogP contribution in [0, 0.1) is 11.3 Å². The number of rotatable bonds is 6. The molecule has 1 spiro atoms. The molecular weight excluding hydrogens is 402 g/mol. The number of amides is 1. The third kappa shape index (κ3) is 3.22. The minimum absolute atomic E-state index is 0.112. The lowest BCUT2D eigenvalue weighted by molar-refractivity contribution is -0.148. The highest BCUT2D eigenvalue weighted by Crippen LogP contribution is 2.53. The quantitative estimate of drug-likeness (QED) is 0.537. The van der Waals surface area contributed by atoms with Crippen LogP contribution in [0.15, 0.2) is 59.6 Å². The second-order valence-corrected chi connectivity index (χ2v) is 6.74. The van der Waals surface area contributed by atoms with Gasteiger partial charge in [-0.3, -0.25) is 9.59 Å². The lowest BCUT2D eigenvalue weighted by atomic mass is 9.68. The Kier molecular flexibility index (Phi) is 5.83. The fourth-order valence-corrected chi connectivity index (χ4v) is 3.88. The van der Waals surface area contributed by atoms with Crippen molar-refractivity contribution in [2.24, 2.45) is 5.73 Å². The third-order valence-electron chi connectivity index (χ3n) is 5.08. The van der Waals surface area contributed by atoms with Crippen molar-refractivity contribution < 1.29 is 28.6 Å². The second-order valence-electron chi connectivity index (χ2n) is 6.74. The lowest BCUT2D eigenvalue weighted by Crippen LogP contribution is -2.48. The molecule has 2 aliphatic heterocycles. The Bertz CT molecular complexity index is 1080. The van der Waals surface area contributed by atoms with Gasteiger partial charge in [0.05, 0.1) is 12.2 Å². The zero-order chi connectivity index (χ0) is 22.8. The molecule has 2 aliphatic rings. The molecule has 31 heavy (non-hydrogen) atoms. The number of hydrogen-bond acceptors (Lipinski definition) is 8. The molecule has 2 heterocycles. The van der Waals surface area contributed by atoms with Crippen LogP contribution in [-0.4, -0.2) is 42.5 Å². The maximum absolute atomic E-state index is 13.9. The van der Waals surface area contributed by atoms with E-state index in [9.17, 15) is 19.6 Å². The number of nitrogens with two attached hydrogens (primary N) is 1. The largest absolute Gasteiger partial charge is 0.465 e. The number of benzene rings is 1. The van der Waals surface area contributed by atoms with Crippen molar-refractivity contribution in [1.29, 1.82) is 5.26 Å². The molecule has 9 heteroatoms. The summed E-state index contributed by atoms with van der Waals surface area (Å²) in [4.78, 5) is 40.3. The average Bonchev–Trinajstić information content (AvgIpc) is 2.95. The van der Waals surface area contributed by atoms with E-state index in [0.717, 1.165) is 4.90 Å². The van der Waals surface area contributed by atoms with Crippen LogP contribution in [0.1, 0.15) is 19.4 Å². The van der Waals surface area contributed by atoms with Gasteiger partial charge >= 0.3 is 11.9 Å². The number of para-hydroxylation sites is 1. The Morgan fingerprint density at radius 2 is 2.06 bits per heavy atom. The molecule has 1 amide bonds. The van der Waals surface area contributed by atoms with Gasteiger partial charge in [0, 0.05) is 11.3 Å². The SMILES string of the molecule is C=CCOC(=O)C1=C(C)N(CC(=O)OCC)C(=O)[C@]12C(C#N)=C(N)Oc1ccccc12. The third-order valence-corrected chi connectivity index (χ3v) is 5.08. The van der Waals surface area contributed by atoms with Gasteiger partial charge in [-0.2, -0.15) is 5.26 Å². The van der Waals surface area contributed by atoms with Gasteiger partial charge in [0.25, 0.3) is 0 Å².